The summed E-state index contributed by atoms with van der Waals surface area (Å²) < 4.78 is 59.6. The van der Waals surface area contributed by atoms with E-state index in [1.54, 1.807) is 10.8 Å². The molecule has 1 unspecified atom stereocenters. The number of alkyl halides is 3. The number of halogens is 3. The average molecular weight is 564 g/mol. The Labute approximate surface area is 227 Å². The predicted octanol–water partition coefficient (Wildman–Crippen LogP) is 5.00. The number of rotatable bonds is 10. The lowest BCUT2D eigenvalue weighted by Crippen LogP contribution is -2.34. The smallest absolute Gasteiger partial charge is 0.494 e. The van der Waals surface area contributed by atoms with E-state index in [2.05, 4.69) is 19.6 Å². The summed E-state index contributed by atoms with van der Waals surface area (Å²) >= 11 is 0. The second-order valence-corrected chi connectivity index (χ2v) is 9.61. The minimum Gasteiger partial charge on any atom is -0.494 e. The number of piperidine rings is 1. The Balaban J connectivity index is 1.01. The number of imidazole rings is 1. The average Bonchev–Trinajstić information content (AvgIpc) is 3.37. The molecule has 0 amide bonds. The van der Waals surface area contributed by atoms with Crippen molar-refractivity contribution in [2.75, 3.05) is 31.2 Å². The maximum atomic E-state index is 12.3. The first-order valence-electron chi connectivity index (χ1n) is 12.9. The van der Waals surface area contributed by atoms with Crippen molar-refractivity contribution in [3.63, 3.8) is 0 Å². The predicted molar refractivity (Wildman–Crippen MR) is 136 cm³/mol. The van der Waals surface area contributed by atoms with Crippen molar-refractivity contribution in [1.29, 1.82) is 0 Å². The topological polar surface area (TPSA) is 114 Å². The Morgan fingerprint density at radius 1 is 1.00 bits per heavy atom. The summed E-state index contributed by atoms with van der Waals surface area (Å²) in [6.07, 6.45) is 1.53. The molecule has 1 atom stereocenters. The Kier molecular flexibility index (Phi) is 8.12. The van der Waals surface area contributed by atoms with Crippen LogP contribution in [0.15, 0.2) is 48.8 Å². The van der Waals surface area contributed by atoms with E-state index >= 15 is 0 Å². The van der Waals surface area contributed by atoms with Gasteiger partial charge in [0.05, 0.1) is 12.8 Å². The van der Waals surface area contributed by atoms with Crippen LogP contribution in [-0.4, -0.2) is 58.2 Å². The zero-order valence-electron chi connectivity index (χ0n) is 21.5. The van der Waals surface area contributed by atoms with Crippen LogP contribution in [0.5, 0.6) is 23.3 Å². The number of fused-ring (bicyclic) bond motifs is 1. The third-order valence-electron chi connectivity index (χ3n) is 6.83. The van der Waals surface area contributed by atoms with Crippen molar-refractivity contribution < 1.29 is 37.0 Å². The van der Waals surface area contributed by atoms with Gasteiger partial charge in [0.2, 0.25) is 0 Å². The van der Waals surface area contributed by atoms with E-state index in [0.717, 1.165) is 38.2 Å². The van der Waals surface area contributed by atoms with E-state index in [4.69, 9.17) is 14.2 Å². The summed E-state index contributed by atoms with van der Waals surface area (Å²) in [5.74, 6) is 1.95. The molecular weight excluding hydrogens is 535 g/mol. The molecule has 0 radical (unpaired) electrons. The minimum atomic E-state index is -4.71. The van der Waals surface area contributed by atoms with E-state index in [0.29, 0.717) is 37.0 Å². The molecule has 5 rings (SSSR count). The molecule has 11 nitrogen and oxygen atoms in total. The number of hydrogen-bond acceptors (Lipinski definition) is 9. The lowest BCUT2D eigenvalue weighted by molar-refractivity contribution is -0.389. The van der Waals surface area contributed by atoms with Crippen LogP contribution >= 0.6 is 0 Å². The third-order valence-corrected chi connectivity index (χ3v) is 6.83. The van der Waals surface area contributed by atoms with Gasteiger partial charge in [-0.05, 0) is 66.5 Å². The van der Waals surface area contributed by atoms with Gasteiger partial charge in [0.25, 0.3) is 0 Å². The first kappa shape index (κ1) is 27.3. The fourth-order valence-corrected chi connectivity index (χ4v) is 4.70. The van der Waals surface area contributed by atoms with Gasteiger partial charge in [0.1, 0.15) is 42.0 Å². The second-order valence-electron chi connectivity index (χ2n) is 9.61. The molecule has 0 aliphatic carbocycles. The van der Waals surface area contributed by atoms with Gasteiger partial charge in [-0.1, -0.05) is 0 Å². The number of benzene rings is 1. The molecule has 1 fully saturated rings. The van der Waals surface area contributed by atoms with Crippen molar-refractivity contribution in [2.45, 2.75) is 44.7 Å². The fraction of sp³-hybridized carbons (Fsp3) is 0.462. The van der Waals surface area contributed by atoms with Crippen molar-refractivity contribution in [2.24, 2.45) is 5.92 Å². The maximum Gasteiger partial charge on any atom is 0.573 e. The third kappa shape index (κ3) is 7.24. The highest BCUT2D eigenvalue weighted by Crippen LogP contribution is 2.28. The largest absolute Gasteiger partial charge is 0.573 e. The molecule has 1 saturated heterocycles. The van der Waals surface area contributed by atoms with Crippen molar-refractivity contribution in [3.05, 3.63) is 58.9 Å². The monoisotopic (exact) mass is 563 g/mol. The summed E-state index contributed by atoms with van der Waals surface area (Å²) in [4.78, 5) is 21.0. The molecule has 1 aromatic carbocycles. The van der Waals surface area contributed by atoms with E-state index in [1.165, 1.54) is 30.5 Å². The number of hydrogen-bond donors (Lipinski definition) is 0. The van der Waals surface area contributed by atoms with Crippen molar-refractivity contribution in [1.82, 2.24) is 14.5 Å². The van der Waals surface area contributed by atoms with Gasteiger partial charge in [-0.2, -0.15) is 0 Å². The van der Waals surface area contributed by atoms with Crippen LogP contribution in [0.2, 0.25) is 0 Å². The molecule has 14 heteroatoms. The molecule has 0 bridgehead atoms. The highest BCUT2D eigenvalue weighted by atomic mass is 19.4. The first-order chi connectivity index (χ1) is 19.2. The summed E-state index contributed by atoms with van der Waals surface area (Å²) in [7, 11) is 0. The molecule has 40 heavy (non-hydrogen) atoms. The zero-order valence-corrected chi connectivity index (χ0v) is 21.5. The standard InChI is InChI=1S/C26H28F3N5O6/c27-26(28,29)40-20-3-1-19(2-4-20)37-14-10-18-7-11-32(12-8-18)23-6-5-21(15-30-23)38-17-22-9-13-33-16-24(34(35)36)31-25(33)39-22/h1-6,15-16,18,22H,7-14,17H2. The molecular formula is C26H28F3N5O6. The Bertz CT molecular complexity index is 1280. The highest BCUT2D eigenvalue weighted by molar-refractivity contribution is 5.41. The summed E-state index contributed by atoms with van der Waals surface area (Å²) in [6, 6.07) is 9.41. The number of ether oxygens (including phenoxy) is 4. The fourth-order valence-electron chi connectivity index (χ4n) is 4.70. The molecule has 2 aliphatic heterocycles. The van der Waals surface area contributed by atoms with Gasteiger partial charge in [-0.25, -0.2) is 4.98 Å². The zero-order chi connectivity index (χ0) is 28.1. The number of pyridine rings is 1. The molecule has 214 valence electrons. The lowest BCUT2D eigenvalue weighted by atomic mass is 9.94. The van der Waals surface area contributed by atoms with Gasteiger partial charge < -0.3 is 34.0 Å². The summed E-state index contributed by atoms with van der Waals surface area (Å²) in [5, 5.41) is 10.9. The van der Waals surface area contributed by atoms with Crippen molar-refractivity contribution in [3.8, 4) is 23.3 Å². The van der Waals surface area contributed by atoms with Crippen LogP contribution in [0.4, 0.5) is 24.8 Å². The van der Waals surface area contributed by atoms with Crippen LogP contribution in [0.1, 0.15) is 25.7 Å². The first-order valence-corrected chi connectivity index (χ1v) is 12.9. The SMILES string of the molecule is O=[N+]([O-])c1cn2c(n1)OC(COc1ccc(N3CCC(CCOc4ccc(OC(F)(F)F)cc4)CC3)nc1)CC2. The lowest BCUT2D eigenvalue weighted by Gasteiger charge is -2.32. The van der Waals surface area contributed by atoms with Gasteiger partial charge in [-0.3, -0.25) is 4.57 Å². The molecule has 0 saturated carbocycles. The van der Waals surface area contributed by atoms with E-state index in [-0.39, 0.29) is 30.3 Å². The molecule has 4 heterocycles. The van der Waals surface area contributed by atoms with E-state index in [9.17, 15) is 23.3 Å². The Hall–Kier alpha value is -4.23. The molecule has 0 N–H and O–H groups in total. The molecule has 2 aromatic heterocycles. The number of anilines is 1. The number of nitro groups is 1. The normalized spacial score (nSPS) is 17.6. The van der Waals surface area contributed by atoms with Crippen LogP contribution in [-0.2, 0) is 6.54 Å². The second kappa shape index (κ2) is 11.9. The number of aryl methyl sites for hydroxylation is 1. The molecule has 0 spiro atoms. The van der Waals surface area contributed by atoms with Crippen LogP contribution in [0.25, 0.3) is 0 Å². The van der Waals surface area contributed by atoms with E-state index < -0.39 is 11.3 Å². The maximum absolute atomic E-state index is 12.3. The molecule has 3 aromatic rings. The van der Waals surface area contributed by atoms with Crippen LogP contribution < -0.4 is 23.8 Å². The van der Waals surface area contributed by atoms with Gasteiger partial charge in [0, 0.05) is 31.0 Å². The summed E-state index contributed by atoms with van der Waals surface area (Å²) in [6.45, 7) is 3.04. The Morgan fingerprint density at radius 2 is 1.73 bits per heavy atom. The van der Waals surface area contributed by atoms with Gasteiger partial charge in [-0.15, -0.1) is 13.2 Å². The minimum absolute atomic E-state index is 0.226. The number of nitrogens with zero attached hydrogens (tertiary/aromatic N) is 5. The highest BCUT2D eigenvalue weighted by Gasteiger charge is 2.31. The Morgan fingerprint density at radius 3 is 2.40 bits per heavy atom. The van der Waals surface area contributed by atoms with Crippen LogP contribution in [0.3, 0.4) is 0 Å². The molecule has 2 aliphatic rings. The number of aromatic nitrogens is 3. The van der Waals surface area contributed by atoms with Gasteiger partial charge >= 0.3 is 18.2 Å². The van der Waals surface area contributed by atoms with Gasteiger partial charge in [0.15, 0.2) is 0 Å². The van der Waals surface area contributed by atoms with Crippen molar-refractivity contribution >= 4 is 11.6 Å². The summed E-state index contributed by atoms with van der Waals surface area (Å²) in [5.41, 5.74) is 0. The van der Waals surface area contributed by atoms with E-state index in [1.807, 2.05) is 12.1 Å². The quantitative estimate of drug-likeness (QED) is 0.248. The van der Waals surface area contributed by atoms with Crippen LogP contribution in [0, 0.1) is 16.0 Å².